The Hall–Kier alpha value is -0.900. The van der Waals surface area contributed by atoms with Gasteiger partial charge in [-0.1, -0.05) is 37.3 Å². The van der Waals surface area contributed by atoms with Crippen LogP contribution >= 0.6 is 0 Å². The highest BCUT2D eigenvalue weighted by Crippen LogP contribution is 2.39. The van der Waals surface area contributed by atoms with Crippen molar-refractivity contribution in [3.63, 3.8) is 0 Å². The lowest BCUT2D eigenvalue weighted by atomic mass is 9.93. The van der Waals surface area contributed by atoms with Crippen LogP contribution in [-0.4, -0.2) is 47.1 Å². The molecular formula is C18H29N3. The minimum Gasteiger partial charge on any atom is -0.329 e. The molecule has 3 heteroatoms. The van der Waals surface area contributed by atoms with Crippen molar-refractivity contribution in [2.75, 3.05) is 19.6 Å². The molecule has 1 saturated carbocycles. The van der Waals surface area contributed by atoms with E-state index in [2.05, 4.69) is 54.0 Å². The van der Waals surface area contributed by atoms with Gasteiger partial charge in [-0.05, 0) is 38.3 Å². The monoisotopic (exact) mass is 287 g/mol. The summed E-state index contributed by atoms with van der Waals surface area (Å²) in [6.07, 6.45) is 3.98. The van der Waals surface area contributed by atoms with Gasteiger partial charge < -0.3 is 5.73 Å². The van der Waals surface area contributed by atoms with Crippen LogP contribution < -0.4 is 5.73 Å². The highest BCUT2D eigenvalue weighted by atomic mass is 15.3. The van der Waals surface area contributed by atoms with Gasteiger partial charge in [-0.15, -0.1) is 0 Å². The lowest BCUT2D eigenvalue weighted by molar-refractivity contribution is 0.0954. The van der Waals surface area contributed by atoms with Crippen molar-refractivity contribution in [3.8, 4) is 0 Å². The molecule has 0 amide bonds. The lowest BCUT2D eigenvalue weighted by Crippen LogP contribution is -2.55. The lowest BCUT2D eigenvalue weighted by Gasteiger charge is -2.40. The minimum absolute atomic E-state index is 0.159. The first-order valence-corrected chi connectivity index (χ1v) is 8.43. The Balaban J connectivity index is 1.76. The maximum absolute atomic E-state index is 6.28. The third-order valence-electron chi connectivity index (χ3n) is 5.38. The molecule has 1 aromatic carbocycles. The minimum atomic E-state index is 0.159. The summed E-state index contributed by atoms with van der Waals surface area (Å²) in [4.78, 5) is 5.32. The van der Waals surface area contributed by atoms with E-state index in [0.717, 1.165) is 32.2 Å². The Bertz CT molecular complexity index is 457. The molecular weight excluding hydrogens is 258 g/mol. The summed E-state index contributed by atoms with van der Waals surface area (Å²) < 4.78 is 0. The quantitative estimate of drug-likeness (QED) is 0.872. The van der Waals surface area contributed by atoms with Crippen molar-refractivity contribution in [3.05, 3.63) is 35.9 Å². The normalized spacial score (nSPS) is 30.2. The second-order valence-electron chi connectivity index (χ2n) is 6.88. The first-order valence-electron chi connectivity index (χ1n) is 8.43. The molecule has 0 spiro atoms. The van der Waals surface area contributed by atoms with Gasteiger partial charge in [-0.2, -0.15) is 0 Å². The van der Waals surface area contributed by atoms with Gasteiger partial charge in [0.25, 0.3) is 0 Å². The fourth-order valence-corrected chi connectivity index (χ4v) is 4.05. The maximum Gasteiger partial charge on any atom is 0.0476 e. The largest absolute Gasteiger partial charge is 0.329 e. The average molecular weight is 287 g/mol. The molecule has 1 aliphatic carbocycles. The first kappa shape index (κ1) is 15.0. The number of nitrogens with zero attached hydrogens (tertiary/aromatic N) is 2. The summed E-state index contributed by atoms with van der Waals surface area (Å²) in [6.45, 7) is 8.64. The zero-order chi connectivity index (χ0) is 14.9. The molecule has 2 fully saturated rings. The topological polar surface area (TPSA) is 32.5 Å². The van der Waals surface area contributed by atoms with Gasteiger partial charge in [0.1, 0.15) is 0 Å². The number of hydrogen-bond donors (Lipinski definition) is 1. The van der Waals surface area contributed by atoms with Crippen LogP contribution in [0.1, 0.15) is 38.7 Å². The second kappa shape index (κ2) is 6.07. The Labute approximate surface area is 129 Å². The van der Waals surface area contributed by atoms with Crippen LogP contribution in [0.25, 0.3) is 0 Å². The summed E-state index contributed by atoms with van der Waals surface area (Å²) in [6, 6.07) is 12.3. The number of rotatable bonds is 6. The van der Waals surface area contributed by atoms with Gasteiger partial charge >= 0.3 is 0 Å². The molecule has 1 saturated heterocycles. The van der Waals surface area contributed by atoms with Gasteiger partial charge in [-0.3, -0.25) is 9.80 Å². The van der Waals surface area contributed by atoms with E-state index in [-0.39, 0.29) is 5.54 Å². The first-order chi connectivity index (χ1) is 10.2. The van der Waals surface area contributed by atoms with Gasteiger partial charge in [0.15, 0.2) is 0 Å². The molecule has 2 unspecified atom stereocenters. The number of likely N-dealkylation sites (tertiary alicyclic amines) is 1. The van der Waals surface area contributed by atoms with E-state index >= 15 is 0 Å². The van der Waals surface area contributed by atoms with Gasteiger partial charge in [0.2, 0.25) is 0 Å². The Morgan fingerprint density at radius 2 is 2.00 bits per heavy atom. The van der Waals surface area contributed by atoms with E-state index < -0.39 is 0 Å². The van der Waals surface area contributed by atoms with Crippen molar-refractivity contribution < 1.29 is 0 Å². The summed E-state index contributed by atoms with van der Waals surface area (Å²) in [5, 5.41) is 0. The molecule has 2 aliphatic rings. The van der Waals surface area contributed by atoms with Crippen LogP contribution in [0.2, 0.25) is 0 Å². The third kappa shape index (κ3) is 3.01. The second-order valence-corrected chi connectivity index (χ2v) is 6.88. The predicted molar refractivity (Wildman–Crippen MR) is 88.1 cm³/mol. The fourth-order valence-electron chi connectivity index (χ4n) is 4.05. The van der Waals surface area contributed by atoms with E-state index in [1.807, 2.05) is 0 Å². The Morgan fingerprint density at radius 1 is 1.29 bits per heavy atom. The van der Waals surface area contributed by atoms with E-state index in [9.17, 15) is 0 Å². The van der Waals surface area contributed by atoms with Gasteiger partial charge in [0, 0.05) is 37.3 Å². The number of nitrogens with two attached hydrogens (primary N) is 1. The third-order valence-corrected chi connectivity index (χ3v) is 5.38. The molecule has 0 bridgehead atoms. The summed E-state index contributed by atoms with van der Waals surface area (Å²) in [5.74, 6) is 0. The summed E-state index contributed by atoms with van der Waals surface area (Å²) >= 11 is 0. The molecule has 21 heavy (non-hydrogen) atoms. The van der Waals surface area contributed by atoms with Gasteiger partial charge in [0.05, 0.1) is 0 Å². The summed E-state index contributed by atoms with van der Waals surface area (Å²) in [5.41, 5.74) is 7.83. The zero-order valence-electron chi connectivity index (χ0n) is 13.5. The Morgan fingerprint density at radius 3 is 2.57 bits per heavy atom. The fraction of sp³-hybridized carbons (Fsp3) is 0.667. The molecule has 1 aliphatic heterocycles. The number of hydrogen-bond acceptors (Lipinski definition) is 3. The van der Waals surface area contributed by atoms with Crippen LogP contribution in [0.15, 0.2) is 30.3 Å². The number of benzene rings is 1. The number of likely N-dealkylation sites (N-methyl/N-ethyl adjacent to an activating group) is 1. The predicted octanol–water partition coefficient (Wildman–Crippen LogP) is 2.46. The maximum atomic E-state index is 6.28. The van der Waals surface area contributed by atoms with Crippen LogP contribution in [-0.2, 0) is 6.54 Å². The van der Waals surface area contributed by atoms with Crippen molar-refractivity contribution in [1.82, 2.24) is 9.80 Å². The van der Waals surface area contributed by atoms with Crippen molar-refractivity contribution in [2.24, 2.45) is 5.73 Å². The highest BCUT2D eigenvalue weighted by Gasteiger charge is 2.48. The molecule has 3 nitrogen and oxygen atoms in total. The highest BCUT2D eigenvalue weighted by molar-refractivity contribution is 5.16. The van der Waals surface area contributed by atoms with Crippen molar-refractivity contribution in [1.29, 1.82) is 0 Å². The summed E-state index contributed by atoms with van der Waals surface area (Å²) in [7, 11) is 0. The molecule has 1 aromatic rings. The molecule has 2 atom stereocenters. The van der Waals surface area contributed by atoms with Crippen LogP contribution in [0.3, 0.4) is 0 Å². The molecule has 2 N–H and O–H groups in total. The molecule has 1 heterocycles. The van der Waals surface area contributed by atoms with E-state index in [0.29, 0.717) is 6.04 Å². The molecule has 0 radical (unpaired) electrons. The van der Waals surface area contributed by atoms with Gasteiger partial charge in [-0.25, -0.2) is 0 Å². The van der Waals surface area contributed by atoms with Crippen molar-refractivity contribution in [2.45, 2.75) is 57.3 Å². The van der Waals surface area contributed by atoms with Crippen molar-refractivity contribution >= 4 is 0 Å². The van der Waals surface area contributed by atoms with Crippen LogP contribution in [0.4, 0.5) is 0 Å². The molecule has 0 aromatic heterocycles. The van der Waals surface area contributed by atoms with E-state index in [4.69, 9.17) is 5.73 Å². The average Bonchev–Trinajstić information content (AvgIpc) is 3.30. The standard InChI is InChI=1S/C18H29N3/c1-3-20(12-16-7-5-4-6-8-16)18(13-19)11-15(2)21(14-18)17-9-10-17/h4-8,15,17H,3,9-14,19H2,1-2H3. The smallest absolute Gasteiger partial charge is 0.0476 e. The Kier molecular flexibility index (Phi) is 4.34. The van der Waals surface area contributed by atoms with E-state index in [1.54, 1.807) is 0 Å². The zero-order valence-corrected chi connectivity index (χ0v) is 13.5. The van der Waals surface area contributed by atoms with Crippen LogP contribution in [0.5, 0.6) is 0 Å². The SMILES string of the molecule is CCN(Cc1ccccc1)C1(CN)CC(C)N(C2CC2)C1. The van der Waals surface area contributed by atoms with Crippen LogP contribution in [0, 0.1) is 0 Å². The molecule has 116 valence electrons. The van der Waals surface area contributed by atoms with E-state index in [1.165, 1.54) is 24.8 Å². The molecule has 3 rings (SSSR count).